The van der Waals surface area contributed by atoms with E-state index in [9.17, 15) is 44.4 Å². The van der Waals surface area contributed by atoms with Crippen molar-refractivity contribution in [3.8, 4) is 5.75 Å². The van der Waals surface area contributed by atoms with Gasteiger partial charge in [-0.3, -0.25) is 19.1 Å². The molecular formula is C34H54N4O12S. The summed E-state index contributed by atoms with van der Waals surface area (Å²) in [5.74, 6) is -3.35. The summed E-state index contributed by atoms with van der Waals surface area (Å²) in [7, 11) is 0. The minimum atomic E-state index is -1.96. The molecule has 2 rings (SSSR count). The predicted molar refractivity (Wildman–Crippen MR) is 188 cm³/mol. The zero-order chi connectivity index (χ0) is 38.6. The van der Waals surface area contributed by atoms with Gasteiger partial charge in [-0.1, -0.05) is 54.0 Å². The van der Waals surface area contributed by atoms with Crippen molar-refractivity contribution in [2.75, 3.05) is 11.9 Å². The first-order valence-corrected chi connectivity index (χ1v) is 17.8. The van der Waals surface area contributed by atoms with E-state index < -0.39 is 65.2 Å². The summed E-state index contributed by atoms with van der Waals surface area (Å²) < 4.78 is 18.0. The quantitative estimate of drug-likeness (QED) is 0.0576. The average Bonchev–Trinajstić information content (AvgIpc) is 3.05. The molecule has 1 unspecified atom stereocenters. The van der Waals surface area contributed by atoms with E-state index in [1.165, 1.54) is 18.2 Å². The topological polar surface area (TPSA) is 256 Å². The largest absolute Gasteiger partial charge is 0.479 e. The number of esters is 1. The fraction of sp³-hybridized carbons (Fsp3) is 0.676. The van der Waals surface area contributed by atoms with Crippen molar-refractivity contribution in [1.82, 2.24) is 10.0 Å². The van der Waals surface area contributed by atoms with Gasteiger partial charge in [-0.15, -0.1) is 0 Å². The maximum Gasteiger partial charge on any atom is 0.335 e. The maximum atomic E-state index is 14.1. The molecule has 1 aliphatic rings. The Morgan fingerprint density at radius 1 is 1.00 bits per heavy atom. The molecule has 9 N–H and O–H groups in total. The summed E-state index contributed by atoms with van der Waals surface area (Å²) in [5, 5.41) is 45.8. The number of carbonyl (C=O) groups is 5. The van der Waals surface area contributed by atoms with Crippen molar-refractivity contribution < 1.29 is 58.6 Å². The average molecular weight is 743 g/mol. The van der Waals surface area contributed by atoms with Crippen LogP contribution in [0.4, 0.5) is 10.5 Å². The lowest BCUT2D eigenvalue weighted by atomic mass is 9.88. The van der Waals surface area contributed by atoms with Gasteiger partial charge >= 0.3 is 18.0 Å². The fourth-order valence-corrected chi connectivity index (χ4v) is 5.94. The monoisotopic (exact) mass is 742 g/mol. The maximum absolute atomic E-state index is 14.1. The molecule has 1 fully saturated rings. The van der Waals surface area contributed by atoms with Crippen LogP contribution in [0.5, 0.6) is 5.75 Å². The second-order valence-electron chi connectivity index (χ2n) is 13.9. The van der Waals surface area contributed by atoms with Gasteiger partial charge in [0.05, 0.1) is 11.6 Å². The summed E-state index contributed by atoms with van der Waals surface area (Å²) in [6.45, 7) is 12.9. The second-order valence-corrected chi connectivity index (χ2v) is 15.2. The van der Waals surface area contributed by atoms with Crippen LogP contribution in [-0.4, -0.2) is 92.2 Å². The first-order chi connectivity index (χ1) is 23.8. The smallest absolute Gasteiger partial charge is 0.335 e. The molecule has 1 aliphatic heterocycles. The van der Waals surface area contributed by atoms with Gasteiger partial charge in [-0.2, -0.15) is 0 Å². The summed E-state index contributed by atoms with van der Waals surface area (Å²) in [6, 6.07) is 3.61. The third kappa shape index (κ3) is 13.1. The van der Waals surface area contributed by atoms with Gasteiger partial charge in [0.1, 0.15) is 35.4 Å². The number of hydrogen-bond donors (Lipinski definition) is 8. The zero-order valence-electron chi connectivity index (χ0n) is 30.2. The van der Waals surface area contributed by atoms with Crippen molar-refractivity contribution in [3.63, 3.8) is 0 Å². The minimum Gasteiger partial charge on any atom is -0.479 e. The lowest BCUT2D eigenvalue weighted by Crippen LogP contribution is -2.61. The van der Waals surface area contributed by atoms with Crippen LogP contribution in [0.15, 0.2) is 18.2 Å². The van der Waals surface area contributed by atoms with E-state index in [2.05, 4.69) is 29.2 Å². The lowest BCUT2D eigenvalue weighted by Gasteiger charge is -2.38. The summed E-state index contributed by atoms with van der Waals surface area (Å²) in [4.78, 5) is 62.5. The molecule has 4 amide bonds. The van der Waals surface area contributed by atoms with Crippen LogP contribution in [0, 0.1) is 23.7 Å². The molecule has 16 nitrogen and oxygen atoms in total. The highest BCUT2D eigenvalue weighted by Crippen LogP contribution is 2.35. The van der Waals surface area contributed by atoms with Crippen molar-refractivity contribution >= 4 is 47.4 Å². The Balaban J connectivity index is 2.44. The number of aliphatic hydroxyl groups excluding tert-OH is 3. The molecule has 1 heterocycles. The SMILES string of the molecule is CC(C)CC[C@H](C(=O)NSC(C)(CCCNC(N)=O)C(=O)Nc1ccc(COC(=O)C(C)C)cc1O[C@@H]1O[C@H](C(=O)O)[C@@H](O)[C@H](O)[C@H]1O)C(C)C. The van der Waals surface area contributed by atoms with Crippen LogP contribution in [0.25, 0.3) is 0 Å². The molecule has 1 saturated heterocycles. The Bertz CT molecular complexity index is 1360. The Hall–Kier alpha value is -3.64. The number of aliphatic carboxylic acids is 1. The number of nitrogens with two attached hydrogens (primary N) is 1. The molecule has 7 atom stereocenters. The predicted octanol–water partition coefficient (Wildman–Crippen LogP) is 2.28. The molecule has 0 bridgehead atoms. The van der Waals surface area contributed by atoms with Crippen LogP contribution in [0.3, 0.4) is 0 Å². The van der Waals surface area contributed by atoms with Gasteiger partial charge in [0.15, 0.2) is 6.10 Å². The van der Waals surface area contributed by atoms with Crippen LogP contribution in [0.1, 0.15) is 79.7 Å². The molecule has 1 aromatic rings. The molecule has 51 heavy (non-hydrogen) atoms. The Morgan fingerprint density at radius 2 is 1.67 bits per heavy atom. The van der Waals surface area contributed by atoms with Gasteiger partial charge < -0.3 is 51.0 Å². The number of hydrogen-bond acceptors (Lipinski definition) is 12. The number of carboxylic acids is 1. The molecule has 288 valence electrons. The molecule has 0 radical (unpaired) electrons. The number of primary amides is 1. The van der Waals surface area contributed by atoms with Gasteiger partial charge in [0, 0.05) is 12.5 Å². The minimum absolute atomic E-state index is 0.0209. The molecule has 1 aromatic carbocycles. The second kappa shape index (κ2) is 19.8. The number of aliphatic hydroxyl groups is 3. The number of carboxylic acid groups (broad SMARTS) is 1. The van der Waals surface area contributed by atoms with E-state index in [-0.39, 0.29) is 48.8 Å². The fourth-order valence-electron chi connectivity index (χ4n) is 5.07. The van der Waals surface area contributed by atoms with Gasteiger partial charge in [0.2, 0.25) is 18.1 Å². The van der Waals surface area contributed by atoms with Crippen LogP contribution < -0.4 is 25.8 Å². The molecule has 17 heteroatoms. The Labute approximate surface area is 302 Å². The molecule has 0 aromatic heterocycles. The summed E-state index contributed by atoms with van der Waals surface area (Å²) >= 11 is 0.917. The highest BCUT2D eigenvalue weighted by Gasteiger charge is 2.48. The summed E-state index contributed by atoms with van der Waals surface area (Å²) in [5.41, 5.74) is 5.61. The first kappa shape index (κ1) is 43.5. The van der Waals surface area contributed by atoms with Crippen LogP contribution in [-0.2, 0) is 35.3 Å². The normalized spacial score (nSPS) is 22.2. The standard InChI is InChI=1S/C34H54N4O12S/c1-17(2)9-11-21(18(3)4)28(42)38-51-34(7,13-8-14-36-33(35)47)32(46)37-22-12-10-20(16-48-30(45)19(5)6)15-23(22)49-31-26(41)24(39)25(40)27(50-31)29(43)44/h10,12,15,17-19,21,24-27,31,39-41H,8-9,11,13-14,16H2,1-7H3,(H,37,46)(H,38,42)(H,43,44)(H3,35,36,47)/t21-,24-,25-,26+,27-,31+,34?/m0/s1. The molecular weight excluding hydrogens is 688 g/mol. The molecule has 0 aliphatic carbocycles. The Kier molecular flexibility index (Phi) is 16.9. The van der Waals surface area contributed by atoms with Crippen molar-refractivity contribution in [1.29, 1.82) is 0 Å². The first-order valence-electron chi connectivity index (χ1n) is 17.0. The number of amides is 4. The van der Waals surface area contributed by atoms with Crippen molar-refractivity contribution in [2.24, 2.45) is 29.4 Å². The molecule has 0 spiro atoms. The van der Waals surface area contributed by atoms with E-state index in [0.29, 0.717) is 24.3 Å². The number of nitrogens with one attached hydrogen (secondary N) is 3. The number of carbonyl (C=O) groups excluding carboxylic acids is 4. The van der Waals surface area contributed by atoms with Crippen LogP contribution >= 0.6 is 11.9 Å². The number of anilines is 1. The molecule has 0 saturated carbocycles. The van der Waals surface area contributed by atoms with Crippen molar-refractivity contribution in [3.05, 3.63) is 23.8 Å². The van der Waals surface area contributed by atoms with E-state index >= 15 is 0 Å². The number of benzene rings is 1. The third-order valence-corrected chi connectivity index (χ3v) is 9.53. The number of ether oxygens (including phenoxy) is 3. The van der Waals surface area contributed by atoms with Crippen molar-refractivity contribution in [2.45, 2.75) is 116 Å². The van der Waals surface area contributed by atoms with E-state index in [1.54, 1.807) is 20.8 Å². The highest BCUT2D eigenvalue weighted by molar-refractivity contribution is 8.00. The number of rotatable bonds is 19. The van der Waals surface area contributed by atoms with Crippen LogP contribution in [0.2, 0.25) is 0 Å². The Morgan fingerprint density at radius 3 is 2.24 bits per heavy atom. The highest BCUT2D eigenvalue weighted by atomic mass is 32.2. The zero-order valence-corrected chi connectivity index (χ0v) is 31.0. The number of urea groups is 1. The van der Waals surface area contributed by atoms with Gasteiger partial charge in [-0.25, -0.2) is 9.59 Å². The van der Waals surface area contributed by atoms with E-state index in [4.69, 9.17) is 19.9 Å². The van der Waals surface area contributed by atoms with Gasteiger partial charge in [0.25, 0.3) is 0 Å². The van der Waals surface area contributed by atoms with Gasteiger partial charge in [-0.05, 0) is 67.7 Å². The third-order valence-electron chi connectivity index (χ3n) is 8.39. The summed E-state index contributed by atoms with van der Waals surface area (Å²) in [6.07, 6.45) is -7.61. The lowest BCUT2D eigenvalue weighted by molar-refractivity contribution is -0.271. The van der Waals surface area contributed by atoms with E-state index in [1.807, 2.05) is 13.8 Å². The van der Waals surface area contributed by atoms with E-state index in [0.717, 1.165) is 18.4 Å².